The number of nitrogens with zero attached hydrogens (tertiary/aromatic N) is 2. The maximum Gasteiger partial charge on any atom is 0.128 e. The molecule has 90 valence electrons. The molecule has 0 aliphatic carbocycles. The molecular weight excluding hydrogens is 299 g/mol. The summed E-state index contributed by atoms with van der Waals surface area (Å²) in [6.07, 6.45) is 1.64. The Bertz CT molecular complexity index is 540. The zero-order valence-electron chi connectivity index (χ0n) is 8.95. The van der Waals surface area contributed by atoms with Gasteiger partial charge in [-0.25, -0.2) is 4.98 Å². The minimum atomic E-state index is 0.623. The van der Waals surface area contributed by atoms with Gasteiger partial charge in [0.25, 0.3) is 0 Å². The van der Waals surface area contributed by atoms with Gasteiger partial charge in [-0.2, -0.15) is 0 Å². The van der Waals surface area contributed by atoms with E-state index in [-0.39, 0.29) is 0 Å². The Morgan fingerprint density at radius 2 is 2.06 bits per heavy atom. The van der Waals surface area contributed by atoms with Gasteiger partial charge < -0.3 is 4.57 Å². The Labute approximate surface area is 119 Å². The van der Waals surface area contributed by atoms with Crippen LogP contribution in [-0.4, -0.2) is 9.55 Å². The summed E-state index contributed by atoms with van der Waals surface area (Å²) in [7, 11) is 1.88. The van der Waals surface area contributed by atoms with E-state index in [1.807, 2.05) is 17.7 Å². The summed E-state index contributed by atoms with van der Waals surface area (Å²) in [6.45, 7) is 0. The molecule has 0 radical (unpaired) electrons. The van der Waals surface area contributed by atoms with E-state index in [9.17, 15) is 0 Å². The molecule has 0 aliphatic rings. The third kappa shape index (κ3) is 3.10. The number of halogens is 3. The molecule has 0 saturated carbocycles. The molecule has 1 aromatic heterocycles. The Balaban J connectivity index is 2.12. The molecule has 0 fully saturated rings. The first-order valence-electron chi connectivity index (χ1n) is 4.82. The Hall–Kier alpha value is -0.350. The van der Waals surface area contributed by atoms with E-state index in [1.54, 1.807) is 30.1 Å². The number of hydrogen-bond acceptors (Lipinski definition) is 2. The van der Waals surface area contributed by atoms with Crippen molar-refractivity contribution >= 4 is 46.6 Å². The molecule has 0 bridgehead atoms. The third-order valence-electron chi connectivity index (χ3n) is 2.28. The smallest absolute Gasteiger partial charge is 0.128 e. The molecule has 0 saturated heterocycles. The largest absolute Gasteiger partial charge is 0.322 e. The van der Waals surface area contributed by atoms with Crippen molar-refractivity contribution in [2.24, 2.45) is 7.05 Å². The first-order chi connectivity index (χ1) is 8.08. The van der Waals surface area contributed by atoms with Gasteiger partial charge in [-0.3, -0.25) is 0 Å². The van der Waals surface area contributed by atoms with Crippen molar-refractivity contribution in [3.8, 4) is 0 Å². The Kier molecular flexibility index (Phi) is 4.26. The van der Waals surface area contributed by atoms with Crippen LogP contribution < -0.4 is 0 Å². The zero-order chi connectivity index (χ0) is 12.4. The average molecular weight is 308 g/mol. The van der Waals surface area contributed by atoms with Gasteiger partial charge in [0, 0.05) is 17.0 Å². The lowest BCUT2D eigenvalue weighted by Crippen LogP contribution is -1.95. The van der Waals surface area contributed by atoms with Gasteiger partial charge in [-0.15, -0.1) is 11.8 Å². The summed E-state index contributed by atoms with van der Waals surface area (Å²) in [5.41, 5.74) is 0. The van der Waals surface area contributed by atoms with Crippen LogP contribution in [-0.2, 0) is 12.8 Å². The van der Waals surface area contributed by atoms with Gasteiger partial charge in [-0.05, 0) is 18.2 Å². The van der Waals surface area contributed by atoms with Crippen molar-refractivity contribution < 1.29 is 0 Å². The summed E-state index contributed by atoms with van der Waals surface area (Å²) < 4.78 is 1.84. The average Bonchev–Trinajstić information content (AvgIpc) is 2.62. The van der Waals surface area contributed by atoms with Gasteiger partial charge in [0.15, 0.2) is 0 Å². The molecule has 2 aromatic rings. The lowest BCUT2D eigenvalue weighted by molar-refractivity contribution is 0.850. The van der Waals surface area contributed by atoms with E-state index >= 15 is 0 Å². The number of rotatable bonds is 3. The van der Waals surface area contributed by atoms with Crippen LogP contribution in [0.1, 0.15) is 5.82 Å². The lowest BCUT2D eigenvalue weighted by Gasteiger charge is -2.05. The van der Waals surface area contributed by atoms with Crippen LogP contribution in [0, 0.1) is 0 Å². The normalized spacial score (nSPS) is 10.8. The monoisotopic (exact) mass is 306 g/mol. The van der Waals surface area contributed by atoms with Crippen LogP contribution in [0.4, 0.5) is 0 Å². The lowest BCUT2D eigenvalue weighted by atomic mass is 10.4. The van der Waals surface area contributed by atoms with Crippen molar-refractivity contribution in [2.75, 3.05) is 0 Å². The van der Waals surface area contributed by atoms with Crippen LogP contribution in [0.2, 0.25) is 15.2 Å². The molecule has 1 heterocycles. The number of imidazole rings is 1. The fourth-order valence-electron chi connectivity index (χ4n) is 1.29. The maximum atomic E-state index is 6.07. The first kappa shape index (κ1) is 13.1. The molecule has 0 aliphatic heterocycles. The highest BCUT2D eigenvalue weighted by molar-refractivity contribution is 7.98. The minimum absolute atomic E-state index is 0.623. The van der Waals surface area contributed by atoms with Gasteiger partial charge >= 0.3 is 0 Å². The topological polar surface area (TPSA) is 17.8 Å². The highest BCUT2D eigenvalue weighted by Crippen LogP contribution is 2.32. The van der Waals surface area contributed by atoms with Crippen molar-refractivity contribution in [2.45, 2.75) is 10.6 Å². The molecule has 2 rings (SSSR count). The number of thioether (sulfide) groups is 1. The van der Waals surface area contributed by atoms with Gasteiger partial charge in [0.05, 0.1) is 17.0 Å². The summed E-state index contributed by atoms with van der Waals surface area (Å²) >= 11 is 19.5. The van der Waals surface area contributed by atoms with E-state index in [0.29, 0.717) is 21.0 Å². The summed E-state index contributed by atoms with van der Waals surface area (Å²) in [5, 5.41) is 1.99. The first-order valence-corrected chi connectivity index (χ1v) is 6.94. The maximum absolute atomic E-state index is 6.07. The van der Waals surface area contributed by atoms with E-state index in [1.165, 1.54) is 0 Å². The minimum Gasteiger partial charge on any atom is -0.322 e. The Morgan fingerprint density at radius 3 is 2.71 bits per heavy atom. The van der Waals surface area contributed by atoms with Crippen molar-refractivity contribution in [3.63, 3.8) is 0 Å². The number of hydrogen-bond donors (Lipinski definition) is 0. The molecule has 6 heteroatoms. The molecule has 2 nitrogen and oxygen atoms in total. The molecule has 0 unspecified atom stereocenters. The standard InChI is InChI=1S/C11H9Cl3N2S/c1-16-10(14)5-15-11(16)6-17-9-4-7(12)2-3-8(9)13/h2-5H,6H2,1H3. The SMILES string of the molecule is Cn1c(Cl)cnc1CSc1cc(Cl)ccc1Cl. The predicted octanol–water partition coefficient (Wildman–Crippen LogP) is 4.67. The fraction of sp³-hybridized carbons (Fsp3) is 0.182. The second-order valence-electron chi connectivity index (χ2n) is 3.42. The highest BCUT2D eigenvalue weighted by Gasteiger charge is 2.07. The molecule has 0 atom stereocenters. The molecule has 0 amide bonds. The summed E-state index contributed by atoms with van der Waals surface area (Å²) in [5.74, 6) is 1.60. The number of aromatic nitrogens is 2. The summed E-state index contributed by atoms with van der Waals surface area (Å²) in [6, 6.07) is 5.41. The second kappa shape index (κ2) is 5.53. The van der Waals surface area contributed by atoms with Gasteiger partial charge in [0.1, 0.15) is 11.0 Å². The fourth-order valence-corrected chi connectivity index (χ4v) is 2.92. The highest BCUT2D eigenvalue weighted by atomic mass is 35.5. The van der Waals surface area contributed by atoms with Crippen LogP contribution in [0.5, 0.6) is 0 Å². The molecule has 0 N–H and O–H groups in total. The van der Waals surface area contributed by atoms with Gasteiger partial charge in [-0.1, -0.05) is 34.8 Å². The molecular formula is C11H9Cl3N2S. The zero-order valence-corrected chi connectivity index (χ0v) is 12.0. The second-order valence-corrected chi connectivity index (χ2v) is 5.67. The van der Waals surface area contributed by atoms with Crippen LogP contribution in [0.25, 0.3) is 0 Å². The van der Waals surface area contributed by atoms with E-state index in [2.05, 4.69) is 4.98 Å². The van der Waals surface area contributed by atoms with Crippen LogP contribution in [0.3, 0.4) is 0 Å². The van der Waals surface area contributed by atoms with E-state index in [0.717, 1.165) is 10.7 Å². The van der Waals surface area contributed by atoms with Crippen molar-refractivity contribution in [1.29, 1.82) is 0 Å². The quantitative estimate of drug-likeness (QED) is 0.767. The summed E-state index contributed by atoms with van der Waals surface area (Å²) in [4.78, 5) is 5.16. The third-order valence-corrected chi connectivity index (χ3v) is 4.36. The van der Waals surface area contributed by atoms with E-state index in [4.69, 9.17) is 34.8 Å². The van der Waals surface area contributed by atoms with Gasteiger partial charge in [0.2, 0.25) is 0 Å². The predicted molar refractivity (Wildman–Crippen MR) is 74.2 cm³/mol. The van der Waals surface area contributed by atoms with Crippen LogP contribution in [0.15, 0.2) is 29.3 Å². The molecule has 1 aromatic carbocycles. The molecule has 0 spiro atoms. The van der Waals surface area contributed by atoms with Crippen molar-refractivity contribution in [3.05, 3.63) is 45.4 Å². The van der Waals surface area contributed by atoms with Crippen LogP contribution >= 0.6 is 46.6 Å². The van der Waals surface area contributed by atoms with Crippen molar-refractivity contribution in [1.82, 2.24) is 9.55 Å². The van der Waals surface area contributed by atoms with E-state index < -0.39 is 0 Å². The molecule has 17 heavy (non-hydrogen) atoms. The number of benzene rings is 1. The Morgan fingerprint density at radius 1 is 1.29 bits per heavy atom.